The highest BCUT2D eigenvalue weighted by Crippen LogP contribution is 2.33. The third kappa shape index (κ3) is 4.52. The number of ether oxygens (including phenoxy) is 1. The van der Waals surface area contributed by atoms with Crippen molar-refractivity contribution < 1.29 is 9.53 Å². The summed E-state index contributed by atoms with van der Waals surface area (Å²) < 4.78 is 7.21. The fourth-order valence-electron chi connectivity index (χ4n) is 4.40. The van der Waals surface area contributed by atoms with Crippen molar-refractivity contribution in [1.29, 1.82) is 0 Å². The topological polar surface area (TPSA) is 64.4 Å². The summed E-state index contributed by atoms with van der Waals surface area (Å²) in [4.78, 5) is 34.1. The first-order chi connectivity index (χ1) is 15.9. The number of para-hydroxylation sites is 3. The number of rotatable bonds is 8. The van der Waals surface area contributed by atoms with E-state index in [0.29, 0.717) is 40.6 Å². The highest BCUT2D eigenvalue weighted by Gasteiger charge is 2.34. The second kappa shape index (κ2) is 9.77. The Morgan fingerprint density at radius 1 is 1.12 bits per heavy atom. The summed E-state index contributed by atoms with van der Waals surface area (Å²) in [6, 6.07) is 14.5. The van der Waals surface area contributed by atoms with Gasteiger partial charge in [0.15, 0.2) is 0 Å². The third-order valence-electron chi connectivity index (χ3n) is 6.65. The van der Waals surface area contributed by atoms with Crippen LogP contribution in [0.25, 0.3) is 16.6 Å². The first-order valence-electron chi connectivity index (χ1n) is 11.9. The molecule has 174 valence electrons. The summed E-state index contributed by atoms with van der Waals surface area (Å²) in [5.41, 5.74) is 1.10. The van der Waals surface area contributed by atoms with E-state index < -0.39 is 0 Å². The molecular formula is C27H33N3O3. The molecule has 1 unspecified atom stereocenters. The zero-order valence-electron chi connectivity index (χ0n) is 20.0. The minimum absolute atomic E-state index is 0.0755. The molecule has 1 amide bonds. The molecule has 6 heteroatoms. The van der Waals surface area contributed by atoms with Crippen LogP contribution in [0.3, 0.4) is 0 Å². The molecule has 1 saturated carbocycles. The van der Waals surface area contributed by atoms with Crippen LogP contribution in [-0.2, 0) is 4.79 Å². The molecule has 4 rings (SSSR count). The molecule has 0 N–H and O–H groups in total. The average Bonchev–Trinajstić information content (AvgIpc) is 2.77. The van der Waals surface area contributed by atoms with Crippen molar-refractivity contribution >= 4 is 16.8 Å². The molecule has 0 spiro atoms. The van der Waals surface area contributed by atoms with E-state index >= 15 is 0 Å². The zero-order valence-corrected chi connectivity index (χ0v) is 20.0. The fourth-order valence-corrected chi connectivity index (χ4v) is 4.40. The summed E-state index contributed by atoms with van der Waals surface area (Å²) >= 11 is 0. The average molecular weight is 448 g/mol. The first kappa shape index (κ1) is 23.0. The Bertz CT molecular complexity index is 1200. The van der Waals surface area contributed by atoms with Crippen LogP contribution in [0.4, 0.5) is 0 Å². The lowest BCUT2D eigenvalue weighted by Crippen LogP contribution is -2.43. The van der Waals surface area contributed by atoms with Gasteiger partial charge in [0.05, 0.1) is 29.7 Å². The minimum atomic E-state index is -0.362. The Balaban J connectivity index is 1.90. The maximum atomic E-state index is 13.7. The van der Waals surface area contributed by atoms with Gasteiger partial charge in [-0.25, -0.2) is 4.98 Å². The number of amides is 1. The molecule has 1 aliphatic rings. The second-order valence-corrected chi connectivity index (χ2v) is 9.32. The summed E-state index contributed by atoms with van der Waals surface area (Å²) in [6.45, 7) is 6.95. The Hall–Kier alpha value is -3.15. The van der Waals surface area contributed by atoms with Crippen LogP contribution < -0.4 is 10.3 Å². The van der Waals surface area contributed by atoms with Crippen LogP contribution in [0.1, 0.15) is 58.3 Å². The highest BCUT2D eigenvalue weighted by molar-refractivity contribution is 5.81. The van der Waals surface area contributed by atoms with E-state index in [1.54, 1.807) is 17.7 Å². The monoisotopic (exact) mass is 447 g/mol. The van der Waals surface area contributed by atoms with Crippen LogP contribution >= 0.6 is 0 Å². The van der Waals surface area contributed by atoms with Gasteiger partial charge in [-0.05, 0) is 56.4 Å². The van der Waals surface area contributed by atoms with E-state index in [1.165, 1.54) is 0 Å². The van der Waals surface area contributed by atoms with Gasteiger partial charge in [0.25, 0.3) is 5.56 Å². The fraction of sp³-hybridized carbons (Fsp3) is 0.444. The van der Waals surface area contributed by atoms with E-state index in [1.807, 2.05) is 54.3 Å². The molecule has 1 heterocycles. The lowest BCUT2D eigenvalue weighted by molar-refractivity contribution is -0.140. The standard InChI is InChI=1S/C27H33N3O3/c1-18(2)16-17-29(26(31)20-10-9-11-20)19(3)25-28-22-13-6-5-12-21(22)27(32)30(25)23-14-7-8-15-24(23)33-4/h5-8,12-15,18-20H,9-11,16-17H2,1-4H3. The first-order valence-corrected chi connectivity index (χ1v) is 11.9. The maximum absolute atomic E-state index is 13.7. The van der Waals surface area contributed by atoms with Gasteiger partial charge < -0.3 is 9.64 Å². The van der Waals surface area contributed by atoms with Gasteiger partial charge in [-0.15, -0.1) is 0 Å². The van der Waals surface area contributed by atoms with Crippen LogP contribution in [-0.4, -0.2) is 34.0 Å². The lowest BCUT2D eigenvalue weighted by Gasteiger charge is -2.36. The summed E-state index contributed by atoms with van der Waals surface area (Å²) in [5.74, 6) is 1.86. The lowest BCUT2D eigenvalue weighted by atomic mass is 9.84. The van der Waals surface area contributed by atoms with Gasteiger partial charge >= 0.3 is 0 Å². The number of benzene rings is 2. The molecule has 0 saturated heterocycles. The van der Waals surface area contributed by atoms with Gasteiger partial charge in [0, 0.05) is 12.5 Å². The molecule has 1 atom stereocenters. The normalized spacial score (nSPS) is 14.8. The number of carbonyl (C=O) groups is 1. The molecule has 0 bridgehead atoms. The van der Waals surface area contributed by atoms with Crippen molar-refractivity contribution in [2.75, 3.05) is 13.7 Å². The SMILES string of the molecule is COc1ccccc1-n1c(C(C)N(CCC(C)C)C(=O)C2CCC2)nc2ccccc2c1=O. The summed E-state index contributed by atoms with van der Waals surface area (Å²) in [7, 11) is 1.59. The Morgan fingerprint density at radius 2 is 1.82 bits per heavy atom. The van der Waals surface area contributed by atoms with Crippen LogP contribution in [0.15, 0.2) is 53.3 Å². The summed E-state index contributed by atoms with van der Waals surface area (Å²) in [5, 5.41) is 0.540. The minimum Gasteiger partial charge on any atom is -0.495 e. The number of nitrogens with zero attached hydrogens (tertiary/aromatic N) is 3. The van der Waals surface area contributed by atoms with E-state index in [9.17, 15) is 9.59 Å². The van der Waals surface area contributed by atoms with Crippen molar-refractivity contribution in [3.63, 3.8) is 0 Å². The van der Waals surface area contributed by atoms with Crippen molar-refractivity contribution in [2.45, 2.75) is 52.5 Å². The van der Waals surface area contributed by atoms with Gasteiger partial charge in [-0.3, -0.25) is 14.2 Å². The van der Waals surface area contributed by atoms with E-state index in [-0.39, 0.29) is 23.4 Å². The molecule has 1 aromatic heterocycles. The molecule has 1 fully saturated rings. The molecule has 0 radical (unpaired) electrons. The number of fused-ring (bicyclic) bond motifs is 1. The highest BCUT2D eigenvalue weighted by atomic mass is 16.5. The molecule has 2 aromatic carbocycles. The molecule has 33 heavy (non-hydrogen) atoms. The number of carbonyl (C=O) groups excluding carboxylic acids is 1. The molecule has 0 aliphatic heterocycles. The molecule has 3 aromatic rings. The van der Waals surface area contributed by atoms with Crippen molar-refractivity contribution in [2.24, 2.45) is 11.8 Å². The van der Waals surface area contributed by atoms with Crippen LogP contribution in [0.5, 0.6) is 5.75 Å². The smallest absolute Gasteiger partial charge is 0.266 e. The number of aromatic nitrogens is 2. The number of methoxy groups -OCH3 is 1. The second-order valence-electron chi connectivity index (χ2n) is 9.32. The Kier molecular flexibility index (Phi) is 6.82. The van der Waals surface area contributed by atoms with Crippen molar-refractivity contribution in [1.82, 2.24) is 14.5 Å². The number of hydrogen-bond donors (Lipinski definition) is 0. The maximum Gasteiger partial charge on any atom is 0.266 e. The Morgan fingerprint density at radius 3 is 2.48 bits per heavy atom. The predicted molar refractivity (Wildman–Crippen MR) is 131 cm³/mol. The summed E-state index contributed by atoms with van der Waals surface area (Å²) in [6.07, 6.45) is 3.88. The molecule has 1 aliphatic carbocycles. The van der Waals surface area contributed by atoms with Crippen molar-refractivity contribution in [3.05, 3.63) is 64.7 Å². The van der Waals surface area contributed by atoms with E-state index in [4.69, 9.17) is 9.72 Å². The van der Waals surface area contributed by atoms with E-state index in [0.717, 1.165) is 25.7 Å². The van der Waals surface area contributed by atoms with Crippen LogP contribution in [0.2, 0.25) is 0 Å². The van der Waals surface area contributed by atoms with Gasteiger partial charge in [0.2, 0.25) is 5.91 Å². The molecular weight excluding hydrogens is 414 g/mol. The van der Waals surface area contributed by atoms with Gasteiger partial charge in [-0.2, -0.15) is 0 Å². The van der Waals surface area contributed by atoms with Crippen molar-refractivity contribution in [3.8, 4) is 11.4 Å². The Labute approximate surface area is 195 Å². The van der Waals surface area contributed by atoms with Gasteiger partial charge in [-0.1, -0.05) is 44.5 Å². The largest absolute Gasteiger partial charge is 0.495 e. The number of hydrogen-bond acceptors (Lipinski definition) is 4. The van der Waals surface area contributed by atoms with E-state index in [2.05, 4.69) is 13.8 Å². The quantitative estimate of drug-likeness (QED) is 0.480. The van der Waals surface area contributed by atoms with Gasteiger partial charge in [0.1, 0.15) is 11.6 Å². The zero-order chi connectivity index (χ0) is 23.5. The predicted octanol–water partition coefficient (Wildman–Crippen LogP) is 5.13. The van der Waals surface area contributed by atoms with Crippen LogP contribution in [0, 0.1) is 11.8 Å². The third-order valence-corrected chi connectivity index (χ3v) is 6.65. The molecule has 6 nitrogen and oxygen atoms in total.